The van der Waals surface area contributed by atoms with Gasteiger partial charge in [-0.2, -0.15) is 0 Å². The molecule has 1 aromatic heterocycles. The first-order chi connectivity index (χ1) is 15.0. The van der Waals surface area contributed by atoms with Crippen molar-refractivity contribution in [3.05, 3.63) is 95.4 Å². The fraction of sp³-hybridized carbons (Fsp3) is 0.208. The van der Waals surface area contributed by atoms with Gasteiger partial charge in [0, 0.05) is 13.6 Å². The average Bonchev–Trinajstić information content (AvgIpc) is 3.33. The van der Waals surface area contributed by atoms with Crippen molar-refractivity contribution in [3.8, 4) is 0 Å². The van der Waals surface area contributed by atoms with Crippen LogP contribution in [0.25, 0.3) is 0 Å². The molecule has 3 aromatic rings. The fourth-order valence-corrected chi connectivity index (χ4v) is 3.08. The van der Waals surface area contributed by atoms with Crippen molar-refractivity contribution in [1.29, 1.82) is 0 Å². The molecule has 1 heterocycles. The average molecular weight is 420 g/mol. The van der Waals surface area contributed by atoms with Crippen LogP contribution in [0.5, 0.6) is 0 Å². The van der Waals surface area contributed by atoms with Gasteiger partial charge in [0.1, 0.15) is 5.76 Å². The molecule has 2 amide bonds. The summed E-state index contributed by atoms with van der Waals surface area (Å²) in [7, 11) is 1.67. The Bertz CT molecular complexity index is 1030. The molecule has 0 saturated heterocycles. The van der Waals surface area contributed by atoms with Gasteiger partial charge in [0.05, 0.1) is 23.4 Å². The van der Waals surface area contributed by atoms with E-state index in [4.69, 9.17) is 9.15 Å². The molecule has 160 valence electrons. The summed E-state index contributed by atoms with van der Waals surface area (Å²) in [6.45, 7) is 1.69. The number of benzene rings is 2. The molecule has 0 aliphatic carbocycles. The molecule has 3 rings (SSSR count). The molecule has 0 spiro atoms. The normalized spacial score (nSPS) is 11.4. The third-order valence-corrected chi connectivity index (χ3v) is 4.67. The fourth-order valence-electron chi connectivity index (χ4n) is 3.08. The second-order valence-electron chi connectivity index (χ2n) is 7.07. The number of esters is 1. The molecule has 31 heavy (non-hydrogen) atoms. The summed E-state index contributed by atoms with van der Waals surface area (Å²) < 4.78 is 10.4. The summed E-state index contributed by atoms with van der Waals surface area (Å²) >= 11 is 0. The van der Waals surface area contributed by atoms with Gasteiger partial charge in [0.2, 0.25) is 0 Å². The molecular weight excluding hydrogens is 396 g/mol. The largest absolute Gasteiger partial charge is 0.467 e. The van der Waals surface area contributed by atoms with Crippen LogP contribution in [-0.4, -0.2) is 36.3 Å². The van der Waals surface area contributed by atoms with Gasteiger partial charge in [-0.3, -0.25) is 9.59 Å². The van der Waals surface area contributed by atoms with Crippen molar-refractivity contribution >= 4 is 17.8 Å². The van der Waals surface area contributed by atoms with Crippen LogP contribution in [0, 0.1) is 0 Å². The van der Waals surface area contributed by atoms with Gasteiger partial charge in [0.15, 0.2) is 6.61 Å². The van der Waals surface area contributed by atoms with E-state index in [1.807, 2.05) is 30.3 Å². The van der Waals surface area contributed by atoms with E-state index in [1.165, 1.54) is 17.2 Å². The zero-order valence-corrected chi connectivity index (χ0v) is 17.4. The van der Waals surface area contributed by atoms with Crippen LogP contribution < -0.4 is 5.32 Å². The summed E-state index contributed by atoms with van der Waals surface area (Å²) in [4.78, 5) is 39.1. The second-order valence-corrected chi connectivity index (χ2v) is 7.07. The lowest BCUT2D eigenvalue weighted by Crippen LogP contribution is -2.31. The Morgan fingerprint density at radius 3 is 2.32 bits per heavy atom. The molecule has 0 radical (unpaired) electrons. The van der Waals surface area contributed by atoms with Gasteiger partial charge >= 0.3 is 5.97 Å². The monoisotopic (exact) mass is 420 g/mol. The Hall–Kier alpha value is -3.87. The number of amides is 2. The molecule has 1 atom stereocenters. The van der Waals surface area contributed by atoms with E-state index < -0.39 is 18.5 Å². The number of hydrogen-bond donors (Lipinski definition) is 1. The number of rotatable bonds is 8. The predicted octanol–water partition coefficient (Wildman–Crippen LogP) is 3.59. The summed E-state index contributed by atoms with van der Waals surface area (Å²) in [5.41, 5.74) is 1.30. The van der Waals surface area contributed by atoms with E-state index in [0.29, 0.717) is 12.3 Å². The highest BCUT2D eigenvalue weighted by atomic mass is 16.5. The minimum Gasteiger partial charge on any atom is -0.467 e. The second kappa shape index (κ2) is 10.2. The number of carbonyl (C=O) groups excluding carboxylic acids is 3. The Morgan fingerprint density at radius 2 is 1.65 bits per heavy atom. The van der Waals surface area contributed by atoms with E-state index in [1.54, 1.807) is 44.3 Å². The Morgan fingerprint density at radius 1 is 0.968 bits per heavy atom. The third-order valence-electron chi connectivity index (χ3n) is 4.67. The highest BCUT2D eigenvalue weighted by molar-refractivity contribution is 6.05. The minimum absolute atomic E-state index is 0.110. The number of hydrogen-bond acceptors (Lipinski definition) is 5. The van der Waals surface area contributed by atoms with E-state index in [2.05, 4.69) is 5.32 Å². The molecule has 0 bridgehead atoms. The minimum atomic E-state index is -0.738. The number of furan rings is 1. The van der Waals surface area contributed by atoms with Crippen LogP contribution in [0.4, 0.5) is 0 Å². The number of nitrogens with zero attached hydrogens (tertiary/aromatic N) is 1. The van der Waals surface area contributed by atoms with Crippen LogP contribution in [-0.2, 0) is 16.1 Å². The third kappa shape index (κ3) is 5.82. The van der Waals surface area contributed by atoms with Gasteiger partial charge < -0.3 is 19.4 Å². The summed E-state index contributed by atoms with van der Waals surface area (Å²) in [6, 6.07) is 19.1. The van der Waals surface area contributed by atoms with E-state index >= 15 is 0 Å². The van der Waals surface area contributed by atoms with Crippen LogP contribution >= 0.6 is 0 Å². The standard InChI is InChI=1S/C24H24N2O5/c1-17(21-13-8-14-30-21)25-22(27)16-31-24(29)20-12-7-6-11-19(20)23(28)26(2)15-18-9-4-3-5-10-18/h3-14,17H,15-16H2,1-2H3,(H,25,27)/t17-/m1/s1. The molecule has 0 fully saturated rings. The molecule has 0 saturated carbocycles. The highest BCUT2D eigenvalue weighted by Crippen LogP contribution is 2.15. The number of ether oxygens (including phenoxy) is 1. The maximum atomic E-state index is 12.9. The first-order valence-corrected chi connectivity index (χ1v) is 9.84. The molecule has 7 nitrogen and oxygen atoms in total. The molecule has 2 aromatic carbocycles. The molecule has 0 aliphatic heterocycles. The topological polar surface area (TPSA) is 88.8 Å². The van der Waals surface area contributed by atoms with Gasteiger partial charge in [-0.1, -0.05) is 42.5 Å². The Balaban J connectivity index is 1.61. The van der Waals surface area contributed by atoms with Crippen LogP contribution in [0.15, 0.2) is 77.4 Å². The first kappa shape index (κ1) is 21.8. The zero-order chi connectivity index (χ0) is 22.2. The molecule has 0 unspecified atom stereocenters. The maximum Gasteiger partial charge on any atom is 0.339 e. The quantitative estimate of drug-likeness (QED) is 0.563. The molecule has 0 aliphatic rings. The summed E-state index contributed by atoms with van der Waals surface area (Å²) in [5.74, 6) is -0.926. The van der Waals surface area contributed by atoms with Crippen molar-refractivity contribution < 1.29 is 23.5 Å². The van der Waals surface area contributed by atoms with Crippen LogP contribution in [0.1, 0.15) is 45.0 Å². The lowest BCUT2D eigenvalue weighted by molar-refractivity contribution is -0.125. The summed E-state index contributed by atoms with van der Waals surface area (Å²) in [5, 5.41) is 2.69. The Labute approximate surface area is 180 Å². The van der Waals surface area contributed by atoms with Crippen molar-refractivity contribution in [1.82, 2.24) is 10.2 Å². The van der Waals surface area contributed by atoms with E-state index in [0.717, 1.165) is 5.56 Å². The van der Waals surface area contributed by atoms with Gasteiger partial charge in [-0.15, -0.1) is 0 Å². The van der Waals surface area contributed by atoms with Gasteiger partial charge in [-0.05, 0) is 36.8 Å². The molecule has 1 N–H and O–H groups in total. The van der Waals surface area contributed by atoms with Crippen molar-refractivity contribution in [2.75, 3.05) is 13.7 Å². The van der Waals surface area contributed by atoms with E-state index in [-0.39, 0.29) is 23.1 Å². The zero-order valence-electron chi connectivity index (χ0n) is 17.4. The lowest BCUT2D eigenvalue weighted by Gasteiger charge is -2.19. The predicted molar refractivity (Wildman–Crippen MR) is 114 cm³/mol. The summed E-state index contributed by atoms with van der Waals surface area (Å²) in [6.07, 6.45) is 1.51. The lowest BCUT2D eigenvalue weighted by atomic mass is 10.1. The maximum absolute atomic E-state index is 12.9. The van der Waals surface area contributed by atoms with Crippen molar-refractivity contribution in [2.24, 2.45) is 0 Å². The van der Waals surface area contributed by atoms with Crippen molar-refractivity contribution in [2.45, 2.75) is 19.5 Å². The van der Waals surface area contributed by atoms with Crippen LogP contribution in [0.2, 0.25) is 0 Å². The molecular formula is C24H24N2O5. The molecule has 7 heteroatoms. The van der Waals surface area contributed by atoms with Crippen LogP contribution in [0.3, 0.4) is 0 Å². The van der Waals surface area contributed by atoms with Gasteiger partial charge in [0.25, 0.3) is 11.8 Å². The first-order valence-electron chi connectivity index (χ1n) is 9.84. The highest BCUT2D eigenvalue weighted by Gasteiger charge is 2.22. The van der Waals surface area contributed by atoms with Gasteiger partial charge in [-0.25, -0.2) is 4.79 Å². The van der Waals surface area contributed by atoms with Crippen molar-refractivity contribution in [3.63, 3.8) is 0 Å². The number of carbonyl (C=O) groups is 3. The SMILES string of the molecule is C[C@@H](NC(=O)COC(=O)c1ccccc1C(=O)N(C)Cc1ccccc1)c1ccco1. The number of nitrogens with one attached hydrogen (secondary N) is 1. The Kier molecular flexibility index (Phi) is 7.22. The van der Waals surface area contributed by atoms with E-state index in [9.17, 15) is 14.4 Å². The smallest absolute Gasteiger partial charge is 0.339 e.